The molecule has 0 spiro atoms. The van der Waals surface area contributed by atoms with Gasteiger partial charge >= 0.3 is 251 Å². The predicted molar refractivity (Wildman–Crippen MR) is 169 cm³/mol. The van der Waals surface area contributed by atoms with Crippen molar-refractivity contribution in [3.8, 4) is 5.75 Å². The molecule has 0 N–H and O–H groups in total. The van der Waals surface area contributed by atoms with E-state index >= 15 is 0 Å². The molecular formula is C33H51NO4SeSi. The van der Waals surface area contributed by atoms with Crippen LogP contribution in [0.3, 0.4) is 0 Å². The van der Waals surface area contributed by atoms with Crippen LogP contribution in [0.25, 0.3) is 0 Å². The van der Waals surface area contributed by atoms with Crippen molar-refractivity contribution < 1.29 is 18.7 Å². The third-order valence-electron chi connectivity index (χ3n) is 8.69. The monoisotopic (exact) mass is 633 g/mol. The molecule has 0 aliphatic heterocycles. The molecule has 0 fully saturated rings. The molecule has 0 bridgehead atoms. The molecule has 40 heavy (non-hydrogen) atoms. The summed E-state index contributed by atoms with van der Waals surface area (Å²) in [6.45, 7) is 24.6. The number of hydrogen-bond acceptors (Lipinski definition) is 5. The molecule has 1 aromatic carbocycles. The first-order valence-corrected chi connectivity index (χ1v) is 19.5. The Balaban J connectivity index is 1.74. The van der Waals surface area contributed by atoms with Crippen molar-refractivity contribution >= 4 is 38.3 Å². The van der Waals surface area contributed by atoms with Crippen LogP contribution in [-0.2, 0) is 20.0 Å². The molecule has 1 aromatic heterocycles. The minimum atomic E-state index is -1.69. The normalized spacial score (nSPS) is 16.4. The van der Waals surface area contributed by atoms with Gasteiger partial charge in [-0.3, -0.25) is 0 Å². The summed E-state index contributed by atoms with van der Waals surface area (Å²) in [6.07, 6.45) is 7.13. The molecule has 3 rings (SSSR count). The molecule has 1 heterocycles. The van der Waals surface area contributed by atoms with Gasteiger partial charge in [-0.05, 0) is 0 Å². The van der Waals surface area contributed by atoms with E-state index in [1.165, 1.54) is 28.4 Å². The number of aromatic nitrogens is 1. The average molecular weight is 633 g/mol. The van der Waals surface area contributed by atoms with Crippen molar-refractivity contribution in [3.63, 3.8) is 0 Å². The Hall–Kier alpha value is -1.66. The number of esters is 1. The number of hydrogen-bond donors (Lipinski definition) is 0. The van der Waals surface area contributed by atoms with Crippen molar-refractivity contribution in [1.29, 1.82) is 0 Å². The van der Waals surface area contributed by atoms with Gasteiger partial charge in [0.15, 0.2) is 0 Å². The second-order valence-corrected chi connectivity index (χ2v) is 20.9. The molecule has 5 nitrogen and oxygen atoms in total. The molecule has 1 aliphatic carbocycles. The molecule has 222 valence electrons. The van der Waals surface area contributed by atoms with E-state index in [1.54, 1.807) is 6.20 Å². The van der Waals surface area contributed by atoms with Gasteiger partial charge < -0.3 is 0 Å². The summed E-state index contributed by atoms with van der Waals surface area (Å²) in [5.74, 6) is 0.656. The number of carbonyl (C=O) groups is 1. The van der Waals surface area contributed by atoms with Gasteiger partial charge in [0.1, 0.15) is 0 Å². The first-order chi connectivity index (χ1) is 18.6. The number of carbonyl (C=O) groups excluding carboxylic acids is 1. The third-order valence-corrected chi connectivity index (χ3v) is 15.3. The van der Waals surface area contributed by atoms with E-state index in [4.69, 9.17) is 13.9 Å². The molecule has 7 heteroatoms. The van der Waals surface area contributed by atoms with Crippen molar-refractivity contribution in [2.45, 2.75) is 116 Å². The van der Waals surface area contributed by atoms with Gasteiger partial charge in [0, 0.05) is 0 Å². The zero-order valence-corrected chi connectivity index (χ0v) is 29.2. The molecule has 0 saturated heterocycles. The first kappa shape index (κ1) is 32.8. The molecule has 0 saturated carbocycles. The van der Waals surface area contributed by atoms with Crippen molar-refractivity contribution in [3.05, 3.63) is 47.2 Å². The van der Waals surface area contributed by atoms with Crippen LogP contribution in [0.2, 0.25) is 18.1 Å². The third kappa shape index (κ3) is 8.21. The molecule has 0 atom stereocenters. The summed E-state index contributed by atoms with van der Waals surface area (Å²) in [7, 11) is -1.69. The predicted octanol–water partition coefficient (Wildman–Crippen LogP) is 6.83. The number of fused-ring (bicyclic) bond motifs is 1. The zero-order valence-electron chi connectivity index (χ0n) is 26.5. The Kier molecular flexibility index (Phi) is 10.8. The van der Waals surface area contributed by atoms with Crippen molar-refractivity contribution in [2.24, 2.45) is 0 Å². The summed E-state index contributed by atoms with van der Waals surface area (Å²) < 4.78 is 20.2. The molecule has 0 amide bonds. The van der Waals surface area contributed by atoms with E-state index in [1.807, 2.05) is 19.1 Å². The SMILES string of the molecule is CCOC(=O)c1ccc([Se]c2cc3c(cc2OCCCCCO[Si](C)(C)C(C)(C)C)C(C)(C)CCC3(C)C)nc1. The van der Waals surface area contributed by atoms with E-state index in [2.05, 4.69) is 78.7 Å². The van der Waals surface area contributed by atoms with Crippen LogP contribution in [-0.4, -0.2) is 54.0 Å². The number of nitrogens with zero attached hydrogens (tertiary/aromatic N) is 1. The Morgan fingerprint density at radius 2 is 1.60 bits per heavy atom. The summed E-state index contributed by atoms with van der Waals surface area (Å²) in [6, 6.07) is 8.48. The van der Waals surface area contributed by atoms with Gasteiger partial charge in [-0.1, -0.05) is 0 Å². The fraction of sp³-hybridized carbons (Fsp3) is 0.636. The van der Waals surface area contributed by atoms with Crippen LogP contribution in [0.15, 0.2) is 30.5 Å². The summed E-state index contributed by atoms with van der Waals surface area (Å²) in [5.41, 5.74) is 3.57. The van der Waals surface area contributed by atoms with Gasteiger partial charge in [0.25, 0.3) is 0 Å². The van der Waals surface area contributed by atoms with Crippen molar-refractivity contribution in [1.82, 2.24) is 4.98 Å². The van der Waals surface area contributed by atoms with Crippen LogP contribution in [0.4, 0.5) is 0 Å². The summed E-state index contributed by atoms with van der Waals surface area (Å²) in [4.78, 5) is 16.7. The molecule has 2 aromatic rings. The maximum absolute atomic E-state index is 12.1. The average Bonchev–Trinajstić information content (AvgIpc) is 2.86. The van der Waals surface area contributed by atoms with E-state index in [9.17, 15) is 4.79 Å². The Morgan fingerprint density at radius 3 is 2.17 bits per heavy atom. The fourth-order valence-electron chi connectivity index (χ4n) is 4.76. The van der Waals surface area contributed by atoms with E-state index in [0.717, 1.165) is 36.2 Å². The number of benzene rings is 1. The standard InChI is InChI=1S/C33H51NO4SeSi/c1-11-36-30(35)24-15-16-29(34-23-24)39-28-22-26-25(32(5,6)17-18-33(26,7)8)21-27(28)37-19-13-12-14-20-38-40(9,10)31(2,3)4/h15-16,21-23H,11-14,17-20H2,1-10H3. The maximum atomic E-state index is 12.1. The van der Waals surface area contributed by atoms with Gasteiger partial charge in [0.2, 0.25) is 0 Å². The molecule has 0 radical (unpaired) electrons. The van der Waals surface area contributed by atoms with E-state index < -0.39 is 8.32 Å². The number of rotatable bonds is 12. The Labute approximate surface area is 250 Å². The summed E-state index contributed by atoms with van der Waals surface area (Å²) in [5, 5.41) is 0.247. The number of unbranched alkanes of at least 4 members (excludes halogenated alkanes) is 2. The fourth-order valence-corrected chi connectivity index (χ4v) is 7.66. The van der Waals surface area contributed by atoms with Crippen LogP contribution >= 0.6 is 0 Å². The van der Waals surface area contributed by atoms with Crippen molar-refractivity contribution in [2.75, 3.05) is 19.8 Å². The second kappa shape index (κ2) is 13.1. The summed E-state index contributed by atoms with van der Waals surface area (Å²) >= 11 is -0.0494. The second-order valence-electron chi connectivity index (χ2n) is 13.8. The van der Waals surface area contributed by atoms with Crippen LogP contribution in [0.5, 0.6) is 5.75 Å². The van der Waals surface area contributed by atoms with Crippen LogP contribution < -0.4 is 13.8 Å². The van der Waals surface area contributed by atoms with Crippen LogP contribution in [0.1, 0.15) is 109 Å². The van der Waals surface area contributed by atoms with E-state index in [0.29, 0.717) is 18.8 Å². The van der Waals surface area contributed by atoms with Gasteiger partial charge in [-0.25, -0.2) is 0 Å². The zero-order chi connectivity index (χ0) is 29.8. The first-order valence-electron chi connectivity index (χ1n) is 14.8. The Bertz CT molecular complexity index is 1150. The van der Waals surface area contributed by atoms with E-state index in [-0.39, 0.29) is 36.8 Å². The number of pyridine rings is 1. The van der Waals surface area contributed by atoms with Gasteiger partial charge in [0.05, 0.1) is 0 Å². The van der Waals surface area contributed by atoms with Crippen LogP contribution in [0, 0.1) is 0 Å². The topological polar surface area (TPSA) is 57.7 Å². The molecule has 1 aliphatic rings. The molecular weight excluding hydrogens is 581 g/mol. The number of ether oxygens (including phenoxy) is 2. The van der Waals surface area contributed by atoms with Gasteiger partial charge in [-0.2, -0.15) is 0 Å². The van der Waals surface area contributed by atoms with Gasteiger partial charge in [-0.15, -0.1) is 0 Å². The Morgan fingerprint density at radius 1 is 0.975 bits per heavy atom. The molecule has 0 unspecified atom stereocenters. The quantitative estimate of drug-likeness (QED) is 0.146. The minimum absolute atomic E-state index is 0.0494.